The second-order valence-electron chi connectivity index (χ2n) is 4.71. The molecule has 19 heavy (non-hydrogen) atoms. The molecule has 0 saturated carbocycles. The van der Waals surface area contributed by atoms with Crippen LogP contribution in [0.3, 0.4) is 0 Å². The number of halogens is 1. The highest BCUT2D eigenvalue weighted by Crippen LogP contribution is 2.30. The first-order valence-electron chi connectivity index (χ1n) is 6.36. The fraction of sp³-hybridized carbons (Fsp3) is 0.429. The molecule has 102 valence electrons. The molecular formula is C14H17BrN2O2. The van der Waals surface area contributed by atoms with Crippen molar-refractivity contribution in [2.24, 2.45) is 0 Å². The maximum absolute atomic E-state index is 11.9. The summed E-state index contributed by atoms with van der Waals surface area (Å²) < 4.78 is 0. The van der Waals surface area contributed by atoms with E-state index in [4.69, 9.17) is 0 Å². The number of hydrogen-bond donors (Lipinski definition) is 1. The minimum absolute atomic E-state index is 0.0269. The molecule has 1 aromatic rings. The van der Waals surface area contributed by atoms with Gasteiger partial charge in [-0.15, -0.1) is 0 Å². The summed E-state index contributed by atoms with van der Waals surface area (Å²) in [5.41, 5.74) is 2.64. The Balaban J connectivity index is 2.27. The maximum atomic E-state index is 11.9. The van der Waals surface area contributed by atoms with Gasteiger partial charge in [0, 0.05) is 35.6 Å². The molecule has 2 amide bonds. The molecule has 1 saturated heterocycles. The van der Waals surface area contributed by atoms with Crippen LogP contribution in [-0.2, 0) is 9.59 Å². The van der Waals surface area contributed by atoms with Gasteiger partial charge >= 0.3 is 0 Å². The van der Waals surface area contributed by atoms with Gasteiger partial charge in [0.2, 0.25) is 11.8 Å². The number of rotatable bonds is 3. The van der Waals surface area contributed by atoms with E-state index in [1.807, 2.05) is 32.0 Å². The molecule has 1 unspecified atom stereocenters. The van der Waals surface area contributed by atoms with Crippen LogP contribution in [0.1, 0.15) is 25.3 Å². The number of aryl methyl sites for hydroxylation is 1. The van der Waals surface area contributed by atoms with Crippen molar-refractivity contribution in [3.8, 4) is 0 Å². The number of nitrogens with one attached hydrogen (secondary N) is 1. The Morgan fingerprint density at radius 3 is 2.84 bits per heavy atom. The molecule has 1 heterocycles. The first kappa shape index (κ1) is 14.1. The van der Waals surface area contributed by atoms with Gasteiger partial charge in [-0.25, -0.2) is 0 Å². The van der Waals surface area contributed by atoms with Crippen LogP contribution in [0.25, 0.3) is 0 Å². The van der Waals surface area contributed by atoms with Crippen LogP contribution in [0.15, 0.2) is 18.2 Å². The van der Waals surface area contributed by atoms with Gasteiger partial charge in [-0.1, -0.05) is 28.9 Å². The number of alkyl halides is 1. The molecule has 5 heteroatoms. The van der Waals surface area contributed by atoms with Crippen LogP contribution in [0.5, 0.6) is 0 Å². The molecule has 1 atom stereocenters. The number of nitrogens with zero attached hydrogens (tertiary/aromatic N) is 1. The zero-order valence-corrected chi connectivity index (χ0v) is 12.7. The number of benzene rings is 1. The van der Waals surface area contributed by atoms with E-state index in [-0.39, 0.29) is 16.6 Å². The Labute approximate surface area is 121 Å². The number of carbonyl (C=O) groups is 2. The number of hydrogen-bond acceptors (Lipinski definition) is 2. The summed E-state index contributed by atoms with van der Waals surface area (Å²) in [4.78, 5) is 25.3. The van der Waals surface area contributed by atoms with Crippen molar-refractivity contribution in [3.63, 3.8) is 0 Å². The lowest BCUT2D eigenvalue weighted by Crippen LogP contribution is -2.25. The third kappa shape index (κ3) is 3.15. The zero-order valence-electron chi connectivity index (χ0n) is 11.1. The molecule has 1 aliphatic heterocycles. The van der Waals surface area contributed by atoms with E-state index in [9.17, 15) is 9.59 Å². The number of carbonyl (C=O) groups excluding carboxylic acids is 2. The van der Waals surface area contributed by atoms with Crippen molar-refractivity contribution in [2.45, 2.75) is 31.5 Å². The number of anilines is 2. The third-order valence-electron chi connectivity index (χ3n) is 3.18. The highest BCUT2D eigenvalue weighted by molar-refractivity contribution is 9.09. The van der Waals surface area contributed by atoms with E-state index in [1.54, 1.807) is 4.90 Å². The van der Waals surface area contributed by atoms with Crippen molar-refractivity contribution in [2.75, 3.05) is 16.8 Å². The molecule has 0 aliphatic carbocycles. The molecule has 2 rings (SSSR count). The lowest BCUT2D eigenvalue weighted by atomic mass is 10.1. The molecule has 0 radical (unpaired) electrons. The first-order chi connectivity index (χ1) is 9.01. The SMILES string of the molecule is CCC(=O)Nc1ccc(C)c(N2CC(Br)CC2=O)c1. The second kappa shape index (κ2) is 5.74. The summed E-state index contributed by atoms with van der Waals surface area (Å²) in [6, 6.07) is 5.65. The van der Waals surface area contributed by atoms with Crippen molar-refractivity contribution >= 4 is 39.1 Å². The standard InChI is InChI=1S/C14H17BrN2O2/c1-3-13(18)16-11-5-4-9(2)12(7-11)17-8-10(15)6-14(17)19/h4-5,7,10H,3,6,8H2,1-2H3,(H,16,18). The Morgan fingerprint density at radius 1 is 1.53 bits per heavy atom. The highest BCUT2D eigenvalue weighted by atomic mass is 79.9. The first-order valence-corrected chi connectivity index (χ1v) is 7.27. The van der Waals surface area contributed by atoms with E-state index in [2.05, 4.69) is 21.2 Å². The van der Waals surface area contributed by atoms with Gasteiger partial charge in [-0.2, -0.15) is 0 Å². The van der Waals surface area contributed by atoms with E-state index in [0.29, 0.717) is 19.4 Å². The summed E-state index contributed by atoms with van der Waals surface area (Å²) in [5.74, 6) is 0.0878. The largest absolute Gasteiger partial charge is 0.326 e. The normalized spacial score (nSPS) is 18.8. The molecule has 0 spiro atoms. The van der Waals surface area contributed by atoms with Crippen LogP contribution in [0, 0.1) is 6.92 Å². The van der Waals surface area contributed by atoms with Crippen LogP contribution >= 0.6 is 15.9 Å². The zero-order chi connectivity index (χ0) is 14.0. The Morgan fingerprint density at radius 2 is 2.26 bits per heavy atom. The van der Waals surface area contributed by atoms with Crippen LogP contribution in [-0.4, -0.2) is 23.2 Å². The fourth-order valence-corrected chi connectivity index (χ4v) is 2.69. The molecule has 0 aromatic heterocycles. The summed E-state index contributed by atoms with van der Waals surface area (Å²) in [5, 5.41) is 2.82. The van der Waals surface area contributed by atoms with Crippen LogP contribution in [0.2, 0.25) is 0 Å². The molecule has 1 fully saturated rings. The molecular weight excluding hydrogens is 308 g/mol. The summed E-state index contributed by atoms with van der Waals surface area (Å²) in [7, 11) is 0. The van der Waals surface area contributed by atoms with E-state index < -0.39 is 0 Å². The Hall–Kier alpha value is -1.36. The van der Waals surface area contributed by atoms with Gasteiger partial charge < -0.3 is 10.2 Å². The van der Waals surface area contributed by atoms with Gasteiger partial charge in [-0.3, -0.25) is 9.59 Å². The molecule has 0 bridgehead atoms. The smallest absolute Gasteiger partial charge is 0.228 e. The van der Waals surface area contributed by atoms with Crippen molar-refractivity contribution in [3.05, 3.63) is 23.8 Å². The van der Waals surface area contributed by atoms with Gasteiger partial charge in [-0.05, 0) is 24.6 Å². The number of amides is 2. The monoisotopic (exact) mass is 324 g/mol. The lowest BCUT2D eigenvalue weighted by Gasteiger charge is -2.19. The third-order valence-corrected chi connectivity index (χ3v) is 3.80. The minimum atomic E-state index is -0.0269. The summed E-state index contributed by atoms with van der Waals surface area (Å²) in [6.07, 6.45) is 0.959. The minimum Gasteiger partial charge on any atom is -0.326 e. The predicted molar refractivity (Wildman–Crippen MR) is 79.8 cm³/mol. The van der Waals surface area contributed by atoms with E-state index in [1.165, 1.54) is 0 Å². The van der Waals surface area contributed by atoms with Crippen molar-refractivity contribution < 1.29 is 9.59 Å². The molecule has 1 aliphatic rings. The summed E-state index contributed by atoms with van der Waals surface area (Å²) in [6.45, 7) is 4.45. The lowest BCUT2D eigenvalue weighted by molar-refractivity contribution is -0.117. The average Bonchev–Trinajstić information content (AvgIpc) is 2.70. The Kier molecular flexibility index (Phi) is 4.24. The molecule has 4 nitrogen and oxygen atoms in total. The average molecular weight is 325 g/mol. The molecule has 1 aromatic carbocycles. The highest BCUT2D eigenvalue weighted by Gasteiger charge is 2.29. The van der Waals surface area contributed by atoms with Gasteiger partial charge in [0.25, 0.3) is 0 Å². The predicted octanol–water partition coefficient (Wildman–Crippen LogP) is 2.84. The van der Waals surface area contributed by atoms with Gasteiger partial charge in [0.1, 0.15) is 0 Å². The fourth-order valence-electron chi connectivity index (χ4n) is 2.12. The summed E-state index contributed by atoms with van der Waals surface area (Å²) >= 11 is 3.48. The van der Waals surface area contributed by atoms with Gasteiger partial charge in [0.15, 0.2) is 0 Å². The topological polar surface area (TPSA) is 49.4 Å². The van der Waals surface area contributed by atoms with E-state index in [0.717, 1.165) is 16.9 Å². The second-order valence-corrected chi connectivity index (χ2v) is 6.00. The maximum Gasteiger partial charge on any atom is 0.228 e. The van der Waals surface area contributed by atoms with Gasteiger partial charge in [0.05, 0.1) is 0 Å². The van der Waals surface area contributed by atoms with E-state index >= 15 is 0 Å². The Bertz CT molecular complexity index is 516. The van der Waals surface area contributed by atoms with Crippen molar-refractivity contribution in [1.82, 2.24) is 0 Å². The van der Waals surface area contributed by atoms with Crippen LogP contribution < -0.4 is 10.2 Å². The van der Waals surface area contributed by atoms with Crippen LogP contribution in [0.4, 0.5) is 11.4 Å². The quantitative estimate of drug-likeness (QED) is 0.869. The van der Waals surface area contributed by atoms with Crippen molar-refractivity contribution in [1.29, 1.82) is 0 Å². The molecule has 1 N–H and O–H groups in total.